The number of hydrogen-bond donors (Lipinski definition) is 3. The van der Waals surface area contributed by atoms with E-state index in [-0.39, 0.29) is 35.7 Å². The van der Waals surface area contributed by atoms with Gasteiger partial charge >= 0.3 is 157 Å². The summed E-state index contributed by atoms with van der Waals surface area (Å²) in [6, 6.07) is 0. The maximum atomic E-state index is 11.1. The molecule has 0 bridgehead atoms. The molecule has 0 radical (unpaired) electrons. The summed E-state index contributed by atoms with van der Waals surface area (Å²) < 4.78 is 90.0. The molecular formula is C23H37NNiO9S3-2. The average molecular weight is 626 g/mol. The standard InChI is InChI=1S/C15H23NO6S2.C5H7.C3H7O3S.Ni/c1-5-6-7-9-13(2)16(10-8-11-23(17,18)19)14(3)12-15(4)24(20,21)22;1-3-5-4-2;1-2-3-7(4,5)6;/h6-7,9,12H,3,8,10-11H2,1-2,4H3,(H,17,18,19)(H,20,21,22);3,5H,1H2,2H3;1-3H2,(H,4,5,6);/q;2*-1;/b7-6+,13-9+,15-12+;;;. The van der Waals surface area contributed by atoms with Crippen molar-refractivity contribution in [3.8, 4) is 0 Å². The smallest absolute Gasteiger partial charge is 0.262 e. The Morgan fingerprint density at radius 3 is 1.84 bits per heavy atom. The molecule has 0 aromatic rings. The van der Waals surface area contributed by atoms with Crippen molar-refractivity contribution in [2.45, 2.75) is 40.5 Å². The van der Waals surface area contributed by atoms with E-state index in [1.807, 2.05) is 6.92 Å². The van der Waals surface area contributed by atoms with E-state index in [0.29, 0.717) is 10.2 Å². The summed E-state index contributed by atoms with van der Waals surface area (Å²) in [6.45, 7) is 17.1. The molecule has 0 spiro atoms. The van der Waals surface area contributed by atoms with Crippen LogP contribution in [0.2, 0.25) is 0 Å². The molecule has 0 rings (SSSR count). The van der Waals surface area contributed by atoms with Crippen LogP contribution in [0.4, 0.5) is 0 Å². The second-order valence-electron chi connectivity index (χ2n) is 7.05. The van der Waals surface area contributed by atoms with Gasteiger partial charge in [-0.05, 0) is 0 Å². The Morgan fingerprint density at radius 2 is 1.54 bits per heavy atom. The average Bonchev–Trinajstić information content (AvgIpc) is 2.70. The van der Waals surface area contributed by atoms with Crippen LogP contribution in [0.15, 0.2) is 65.9 Å². The largest absolute Gasteiger partial charge is 0.342 e. The molecule has 0 saturated heterocycles. The number of hydrogen-bond acceptors (Lipinski definition) is 7. The van der Waals surface area contributed by atoms with Gasteiger partial charge in [0.2, 0.25) is 0 Å². The van der Waals surface area contributed by atoms with Crippen molar-refractivity contribution in [1.82, 2.24) is 4.90 Å². The van der Waals surface area contributed by atoms with Gasteiger partial charge in [-0.3, -0.25) is 10.6 Å². The Hall–Kier alpha value is -1.67. The minimum absolute atomic E-state index is 0.0970. The molecule has 0 aromatic heterocycles. The van der Waals surface area contributed by atoms with Crippen LogP contribution in [-0.2, 0) is 45.4 Å². The third kappa shape index (κ3) is 28.8. The zero-order valence-electron chi connectivity index (χ0n) is 21.4. The van der Waals surface area contributed by atoms with Gasteiger partial charge in [0, 0.05) is 5.75 Å². The van der Waals surface area contributed by atoms with E-state index in [2.05, 4.69) is 41.2 Å². The van der Waals surface area contributed by atoms with Crippen molar-refractivity contribution in [2.75, 3.05) is 18.1 Å². The topological polar surface area (TPSA) is 166 Å². The van der Waals surface area contributed by atoms with Gasteiger partial charge in [-0.15, -0.1) is 6.92 Å². The quantitative estimate of drug-likeness (QED) is 0.119. The number of allylic oxidation sites excluding steroid dienone is 9. The summed E-state index contributed by atoms with van der Waals surface area (Å²) in [4.78, 5) is 1.28. The molecule has 0 aliphatic carbocycles. The van der Waals surface area contributed by atoms with Gasteiger partial charge in [-0.2, -0.15) is 21.4 Å². The second kappa shape index (κ2) is 20.3. The molecule has 0 unspecified atom stereocenters. The molecule has 0 saturated carbocycles. The summed E-state index contributed by atoms with van der Waals surface area (Å²) in [7, 11) is -12.2. The maximum Gasteiger partial charge on any atom is 0.262 e. The van der Waals surface area contributed by atoms with Crippen LogP contribution in [0, 0.1) is 13.0 Å². The van der Waals surface area contributed by atoms with Gasteiger partial charge in [-0.25, -0.2) is 12.2 Å². The first-order chi connectivity index (χ1) is 16.7. The van der Waals surface area contributed by atoms with Crippen molar-refractivity contribution in [3.05, 3.63) is 78.9 Å². The normalized spacial score (nSPS) is 12.9. The summed E-state index contributed by atoms with van der Waals surface area (Å²) in [5.74, 6) is -0.686. The minimum atomic E-state index is -4.34. The molecule has 10 nitrogen and oxygen atoms in total. The molecule has 3 N–H and O–H groups in total. The van der Waals surface area contributed by atoms with E-state index < -0.39 is 36.1 Å². The van der Waals surface area contributed by atoms with Crippen molar-refractivity contribution >= 4 is 34.8 Å². The van der Waals surface area contributed by atoms with Crippen molar-refractivity contribution in [1.29, 1.82) is 0 Å². The van der Waals surface area contributed by atoms with Crippen LogP contribution >= 0.6 is 0 Å². The van der Waals surface area contributed by atoms with Crippen LogP contribution in [0.5, 0.6) is 0 Å². The molecule has 218 valence electrons. The van der Waals surface area contributed by atoms with Crippen LogP contribution in [-0.4, -0.2) is 66.4 Å². The molecule has 0 fully saturated rings. The van der Waals surface area contributed by atoms with Crippen LogP contribution in [0.25, 0.3) is 0 Å². The Bertz CT molecular complexity index is 1180. The van der Waals surface area contributed by atoms with Gasteiger partial charge in [0.05, 0.1) is 0 Å². The van der Waals surface area contributed by atoms with Gasteiger partial charge in [-0.1, -0.05) is 0 Å². The molecule has 0 aliphatic heterocycles. The van der Waals surface area contributed by atoms with Crippen molar-refractivity contribution in [3.63, 3.8) is 0 Å². The van der Waals surface area contributed by atoms with Gasteiger partial charge < -0.3 is 6.92 Å². The molecule has 14 heteroatoms. The monoisotopic (exact) mass is 625 g/mol. The van der Waals surface area contributed by atoms with Crippen molar-refractivity contribution < 1.29 is 53.9 Å². The Morgan fingerprint density at radius 1 is 1.03 bits per heavy atom. The molecule has 0 heterocycles. The van der Waals surface area contributed by atoms with Gasteiger partial charge in [0.15, 0.2) is 0 Å². The summed E-state index contributed by atoms with van der Waals surface area (Å²) in [6.07, 6.45) is 12.8. The van der Waals surface area contributed by atoms with E-state index >= 15 is 0 Å². The Kier molecular flexibility index (Phi) is 21.9. The summed E-state index contributed by atoms with van der Waals surface area (Å²) in [5, 5.41) is 0. The van der Waals surface area contributed by atoms with E-state index in [0.717, 1.165) is 0 Å². The first kappa shape index (κ1) is 39.8. The third-order valence-corrected chi connectivity index (χ3v) is 6.38. The van der Waals surface area contributed by atoms with Crippen LogP contribution < -0.4 is 0 Å². The fraction of sp³-hybridized carbons (Fsp3) is 0.391. The molecule has 0 aliphatic rings. The molecule has 37 heavy (non-hydrogen) atoms. The third-order valence-electron chi connectivity index (χ3n) is 3.67. The maximum absolute atomic E-state index is 11.1. The van der Waals surface area contributed by atoms with Crippen LogP contribution in [0.3, 0.4) is 0 Å². The number of nitrogens with zero attached hydrogens (tertiary/aromatic N) is 1. The zero-order chi connectivity index (χ0) is 29.9. The molecule has 0 aromatic carbocycles. The Balaban J connectivity index is -0.000000790. The Labute approximate surface area is 230 Å². The van der Waals surface area contributed by atoms with Gasteiger partial charge in [0.25, 0.3) is 10.1 Å². The van der Waals surface area contributed by atoms with E-state index in [1.165, 1.54) is 13.0 Å². The fourth-order valence-electron chi connectivity index (χ4n) is 2.04. The summed E-state index contributed by atoms with van der Waals surface area (Å²) >= 11 is 4.63. The predicted octanol–water partition coefficient (Wildman–Crippen LogP) is 3.72. The second-order valence-corrected chi connectivity index (χ2v) is 12.6. The van der Waals surface area contributed by atoms with E-state index in [1.54, 1.807) is 49.1 Å². The fourth-order valence-corrected chi connectivity index (χ4v) is 3.28. The first-order valence-electron chi connectivity index (χ1n) is 10.5. The summed E-state index contributed by atoms with van der Waals surface area (Å²) in [5.41, 5.74) is 0.895. The first-order valence-corrected chi connectivity index (χ1v) is 15.6. The van der Waals surface area contributed by atoms with E-state index in [9.17, 15) is 25.3 Å². The van der Waals surface area contributed by atoms with Crippen LogP contribution in [0.1, 0.15) is 40.5 Å². The van der Waals surface area contributed by atoms with Crippen molar-refractivity contribution in [2.24, 2.45) is 0 Å². The minimum Gasteiger partial charge on any atom is -0.342 e. The molecule has 0 amide bonds. The molecule has 0 atom stereocenters. The number of rotatable bonds is 13. The molecular weight excluding hydrogens is 589 g/mol. The SMILES string of the molecule is C=C(/C=C(\C)S(=O)(=O)O)N(CCCS(=O)(=O)O)/C(C)=C/C=C/[C](C)=[Ni].C=CC=[C-]C.[CH2-]CCS(=O)(=O)O. The van der Waals surface area contributed by atoms with Gasteiger partial charge in [0.1, 0.15) is 0 Å². The predicted molar refractivity (Wildman–Crippen MR) is 146 cm³/mol. The van der Waals surface area contributed by atoms with E-state index in [4.69, 9.17) is 13.7 Å². The zero-order valence-corrected chi connectivity index (χ0v) is 24.8.